The maximum absolute atomic E-state index is 11.4. The lowest BCUT2D eigenvalue weighted by molar-refractivity contribution is -0.189. The summed E-state index contributed by atoms with van der Waals surface area (Å²) in [4.78, 5) is 21.7. The van der Waals surface area contributed by atoms with Crippen LogP contribution in [0.5, 0.6) is 5.75 Å². The van der Waals surface area contributed by atoms with E-state index in [9.17, 15) is 9.90 Å². The fourth-order valence-corrected chi connectivity index (χ4v) is 5.93. The van der Waals surface area contributed by atoms with Crippen molar-refractivity contribution in [1.29, 1.82) is 0 Å². The fraction of sp³-hybridized carbons (Fsp3) is 0.467. The van der Waals surface area contributed by atoms with Crippen molar-refractivity contribution in [2.24, 2.45) is 0 Å². The Morgan fingerprint density at radius 2 is 1.93 bits per heavy atom. The summed E-state index contributed by atoms with van der Waals surface area (Å²) in [5.74, 6) is -0.341. The first kappa shape index (κ1) is 30.4. The van der Waals surface area contributed by atoms with Gasteiger partial charge in [0.15, 0.2) is 0 Å². The number of ether oxygens (including phenoxy) is 3. The van der Waals surface area contributed by atoms with Crippen LogP contribution in [0.15, 0.2) is 61.2 Å². The first-order chi connectivity index (χ1) is 20.3. The van der Waals surface area contributed by atoms with Crippen LogP contribution in [0.4, 0.5) is 10.5 Å². The molecule has 0 spiro atoms. The molecule has 2 aliphatic heterocycles. The van der Waals surface area contributed by atoms with Gasteiger partial charge in [0.1, 0.15) is 18.5 Å². The maximum Gasteiger partial charge on any atom is 0.407 e. The molecule has 1 N–H and O–H groups in total. The van der Waals surface area contributed by atoms with Crippen LogP contribution in [-0.4, -0.2) is 95.7 Å². The number of halogens is 2. The number of nitrogens with zero attached hydrogens (tertiary/aromatic N) is 5. The number of imidazole rings is 1. The van der Waals surface area contributed by atoms with E-state index in [2.05, 4.69) is 26.9 Å². The number of aromatic nitrogens is 2. The van der Waals surface area contributed by atoms with Gasteiger partial charge in [-0.1, -0.05) is 36.2 Å². The minimum absolute atomic E-state index is 0.303. The number of benzene rings is 2. The van der Waals surface area contributed by atoms with Crippen molar-refractivity contribution in [3.63, 3.8) is 0 Å². The van der Waals surface area contributed by atoms with Crippen molar-refractivity contribution >= 4 is 35.0 Å². The molecule has 0 aliphatic carbocycles. The van der Waals surface area contributed by atoms with Gasteiger partial charge in [0, 0.05) is 74.5 Å². The van der Waals surface area contributed by atoms with Crippen molar-refractivity contribution in [2.45, 2.75) is 31.8 Å². The van der Waals surface area contributed by atoms with Crippen LogP contribution < -0.4 is 9.64 Å². The minimum Gasteiger partial charge on any atom is -0.491 e. The van der Waals surface area contributed by atoms with Crippen molar-refractivity contribution in [3.8, 4) is 5.75 Å². The molecule has 2 saturated heterocycles. The quantitative estimate of drug-likeness (QED) is 0.302. The zero-order valence-corrected chi connectivity index (χ0v) is 25.2. The monoisotopic (exact) mass is 617 g/mol. The molecule has 12 heteroatoms. The molecule has 2 fully saturated rings. The number of anilines is 1. The zero-order valence-electron chi connectivity index (χ0n) is 23.7. The average Bonchev–Trinajstić information content (AvgIpc) is 3.65. The van der Waals surface area contributed by atoms with Crippen molar-refractivity contribution in [1.82, 2.24) is 19.4 Å². The second-order valence-corrected chi connectivity index (χ2v) is 11.4. The number of amides is 1. The topological polar surface area (TPSA) is 92.5 Å². The lowest BCUT2D eigenvalue weighted by atomic mass is 10.1. The standard InChI is InChI=1S/C30H37Cl2N5O5/c1-2-10-37(29(38)39)17-14-34-12-15-36(16-13-34)24-4-6-25(7-5-24)40-19-26-20-41-30(42-26,21-35-11-9-33-22-35)27-8-3-23(31)18-28(27)32/h3-9,11,18,22,26H,2,10,12-17,19-21H2,1H3,(H,38,39)/t26-,30-/m1/s1. The SMILES string of the molecule is CCCN(CCN1CCN(c2ccc(OC[C@@H]3CO[C@@](Cn4ccnc4)(c4ccc(Cl)cc4Cl)O3)cc2)CC1)C(=O)O. The van der Waals surface area contributed by atoms with E-state index in [-0.39, 0.29) is 6.10 Å². The number of carboxylic acid groups (broad SMARTS) is 1. The molecular formula is C30H37Cl2N5O5. The summed E-state index contributed by atoms with van der Waals surface area (Å²) in [5.41, 5.74) is 1.84. The normalized spacial score (nSPS) is 21.0. The third-order valence-electron chi connectivity index (χ3n) is 7.61. The molecule has 42 heavy (non-hydrogen) atoms. The van der Waals surface area contributed by atoms with E-state index in [4.69, 9.17) is 37.4 Å². The summed E-state index contributed by atoms with van der Waals surface area (Å²) < 4.78 is 20.7. The minimum atomic E-state index is -1.09. The highest BCUT2D eigenvalue weighted by molar-refractivity contribution is 6.35. The highest BCUT2D eigenvalue weighted by Crippen LogP contribution is 2.40. The Morgan fingerprint density at radius 3 is 2.60 bits per heavy atom. The molecule has 2 aliphatic rings. The van der Waals surface area contributed by atoms with Gasteiger partial charge in [-0.2, -0.15) is 0 Å². The summed E-state index contributed by atoms with van der Waals surface area (Å²) in [7, 11) is 0. The highest BCUT2D eigenvalue weighted by atomic mass is 35.5. The van der Waals surface area contributed by atoms with Gasteiger partial charge in [0.25, 0.3) is 0 Å². The number of hydrogen-bond acceptors (Lipinski definition) is 7. The molecule has 0 radical (unpaired) electrons. The van der Waals surface area contributed by atoms with Crippen LogP contribution >= 0.6 is 23.2 Å². The Balaban J connectivity index is 1.13. The Hall–Kier alpha value is -3.02. The van der Waals surface area contributed by atoms with Crippen molar-refractivity contribution in [3.05, 3.63) is 76.8 Å². The second-order valence-electron chi connectivity index (χ2n) is 10.6. The lowest BCUT2D eigenvalue weighted by Crippen LogP contribution is -2.49. The number of hydrogen-bond donors (Lipinski definition) is 1. The van der Waals surface area contributed by atoms with E-state index >= 15 is 0 Å². The van der Waals surface area contributed by atoms with Gasteiger partial charge in [-0.3, -0.25) is 4.90 Å². The summed E-state index contributed by atoms with van der Waals surface area (Å²) in [6.45, 7) is 8.49. The smallest absolute Gasteiger partial charge is 0.407 e. The van der Waals surface area contributed by atoms with Crippen LogP contribution in [0.25, 0.3) is 0 Å². The van der Waals surface area contributed by atoms with Crippen LogP contribution in [0.2, 0.25) is 10.0 Å². The fourth-order valence-electron chi connectivity index (χ4n) is 5.38. The molecule has 10 nitrogen and oxygen atoms in total. The Morgan fingerprint density at radius 1 is 1.14 bits per heavy atom. The molecule has 2 atom stereocenters. The first-order valence-corrected chi connectivity index (χ1v) is 15.0. The van der Waals surface area contributed by atoms with Crippen LogP contribution in [0.3, 0.4) is 0 Å². The van der Waals surface area contributed by atoms with Gasteiger partial charge >= 0.3 is 6.09 Å². The molecule has 3 heterocycles. The summed E-state index contributed by atoms with van der Waals surface area (Å²) in [6, 6.07) is 13.4. The van der Waals surface area contributed by atoms with Gasteiger partial charge in [-0.05, 0) is 42.8 Å². The van der Waals surface area contributed by atoms with Gasteiger partial charge in [-0.25, -0.2) is 9.78 Å². The van der Waals surface area contributed by atoms with E-state index in [0.29, 0.717) is 48.5 Å². The van der Waals surface area contributed by atoms with Crippen LogP contribution in [0.1, 0.15) is 18.9 Å². The molecule has 0 saturated carbocycles. The zero-order chi connectivity index (χ0) is 29.5. The predicted octanol–water partition coefficient (Wildman–Crippen LogP) is 5.05. The van der Waals surface area contributed by atoms with E-state index in [1.165, 1.54) is 4.90 Å². The van der Waals surface area contributed by atoms with Gasteiger partial charge in [-0.15, -0.1) is 0 Å². The van der Waals surface area contributed by atoms with E-state index in [1.807, 2.05) is 35.9 Å². The molecule has 0 bridgehead atoms. The van der Waals surface area contributed by atoms with Gasteiger partial charge < -0.3 is 33.7 Å². The molecule has 1 aromatic heterocycles. The van der Waals surface area contributed by atoms with Crippen LogP contribution in [-0.2, 0) is 21.8 Å². The van der Waals surface area contributed by atoms with Gasteiger partial charge in [0.05, 0.1) is 24.5 Å². The Labute approximate surface area is 256 Å². The number of piperazine rings is 1. The second kappa shape index (κ2) is 14.0. The van der Waals surface area contributed by atoms with E-state index in [1.54, 1.807) is 24.7 Å². The summed E-state index contributed by atoms with van der Waals surface area (Å²) >= 11 is 12.7. The van der Waals surface area contributed by atoms with Gasteiger partial charge in [0.2, 0.25) is 5.79 Å². The summed E-state index contributed by atoms with van der Waals surface area (Å²) in [5, 5.41) is 10.4. The third kappa shape index (κ3) is 7.48. The highest BCUT2D eigenvalue weighted by Gasteiger charge is 2.45. The van der Waals surface area contributed by atoms with Crippen molar-refractivity contribution in [2.75, 3.05) is 63.9 Å². The van der Waals surface area contributed by atoms with E-state index in [0.717, 1.165) is 50.6 Å². The Kier molecular flexibility index (Phi) is 10.1. The third-order valence-corrected chi connectivity index (χ3v) is 8.16. The number of rotatable bonds is 12. The molecule has 226 valence electrons. The molecule has 5 rings (SSSR count). The largest absolute Gasteiger partial charge is 0.491 e. The van der Waals surface area contributed by atoms with Crippen LogP contribution in [0, 0.1) is 0 Å². The average molecular weight is 619 g/mol. The molecule has 0 unspecified atom stereocenters. The molecular weight excluding hydrogens is 581 g/mol. The van der Waals surface area contributed by atoms with E-state index < -0.39 is 11.9 Å². The maximum atomic E-state index is 11.4. The molecule has 2 aromatic carbocycles. The lowest BCUT2D eigenvalue weighted by Gasteiger charge is -2.36. The summed E-state index contributed by atoms with van der Waals surface area (Å²) in [6.07, 6.45) is 4.95. The predicted molar refractivity (Wildman–Crippen MR) is 162 cm³/mol. The molecule has 1 amide bonds. The Bertz CT molecular complexity index is 1300. The first-order valence-electron chi connectivity index (χ1n) is 14.3. The molecule has 3 aromatic rings. The van der Waals surface area contributed by atoms with Crippen molar-refractivity contribution < 1.29 is 24.1 Å². The number of carbonyl (C=O) groups is 1.